The number of Topliss-reactive ketones (excluding diaryl/α,β-unsaturated/α-hetero) is 1. The Morgan fingerprint density at radius 3 is 2.14 bits per heavy atom. The molecule has 0 aliphatic heterocycles. The van der Waals surface area contributed by atoms with E-state index in [4.69, 9.17) is 4.74 Å². The van der Waals surface area contributed by atoms with Crippen molar-refractivity contribution in [1.29, 1.82) is 0 Å². The van der Waals surface area contributed by atoms with E-state index in [0.29, 0.717) is 16.8 Å². The molecule has 0 heterocycles. The molecule has 3 aromatic carbocycles. The van der Waals surface area contributed by atoms with Crippen LogP contribution in [0.25, 0.3) is 0 Å². The summed E-state index contributed by atoms with van der Waals surface area (Å²) in [4.78, 5) is 37.0. The van der Waals surface area contributed by atoms with Crippen LogP contribution in [-0.4, -0.2) is 24.3 Å². The van der Waals surface area contributed by atoms with Crippen molar-refractivity contribution in [1.82, 2.24) is 0 Å². The van der Waals surface area contributed by atoms with Crippen molar-refractivity contribution in [3.63, 3.8) is 0 Å². The van der Waals surface area contributed by atoms with E-state index in [1.807, 2.05) is 0 Å². The van der Waals surface area contributed by atoms with Gasteiger partial charge in [0.15, 0.2) is 12.4 Å². The lowest BCUT2D eigenvalue weighted by Gasteiger charge is -2.11. The number of anilines is 1. The van der Waals surface area contributed by atoms with Gasteiger partial charge in [-0.05, 0) is 36.4 Å². The topological polar surface area (TPSA) is 72.5 Å². The molecule has 6 heteroatoms. The summed E-state index contributed by atoms with van der Waals surface area (Å²) in [6.07, 6.45) is 0. The summed E-state index contributed by atoms with van der Waals surface area (Å²) in [7, 11) is 0. The second-order valence-corrected chi connectivity index (χ2v) is 6.79. The van der Waals surface area contributed by atoms with Gasteiger partial charge in [-0.1, -0.05) is 58.4 Å². The minimum atomic E-state index is -0.684. The van der Waals surface area contributed by atoms with Gasteiger partial charge in [-0.3, -0.25) is 9.59 Å². The van der Waals surface area contributed by atoms with Gasteiger partial charge in [0.1, 0.15) is 0 Å². The Labute approximate surface area is 170 Å². The summed E-state index contributed by atoms with van der Waals surface area (Å²) < 4.78 is 6.00. The monoisotopic (exact) mass is 437 g/mol. The van der Waals surface area contributed by atoms with Crippen molar-refractivity contribution in [3.8, 4) is 0 Å². The fourth-order valence-corrected chi connectivity index (χ4v) is 2.75. The van der Waals surface area contributed by atoms with Gasteiger partial charge in [-0.2, -0.15) is 0 Å². The molecule has 0 unspecified atom stereocenters. The van der Waals surface area contributed by atoms with E-state index < -0.39 is 5.97 Å². The van der Waals surface area contributed by atoms with Crippen LogP contribution in [0.15, 0.2) is 83.3 Å². The van der Waals surface area contributed by atoms with E-state index in [1.54, 1.807) is 72.8 Å². The van der Waals surface area contributed by atoms with E-state index >= 15 is 0 Å². The van der Waals surface area contributed by atoms with Crippen LogP contribution in [0, 0.1) is 0 Å². The fourth-order valence-electron chi connectivity index (χ4n) is 2.48. The number of carbonyl (C=O) groups is 3. The quantitative estimate of drug-likeness (QED) is 0.446. The van der Waals surface area contributed by atoms with E-state index in [2.05, 4.69) is 21.2 Å². The number of rotatable bonds is 6. The Morgan fingerprint density at radius 2 is 1.43 bits per heavy atom. The molecule has 0 aromatic heterocycles. The van der Waals surface area contributed by atoms with Gasteiger partial charge in [0.25, 0.3) is 5.91 Å². The van der Waals surface area contributed by atoms with Crippen molar-refractivity contribution < 1.29 is 19.1 Å². The van der Waals surface area contributed by atoms with E-state index in [-0.39, 0.29) is 23.9 Å². The molecule has 0 saturated carbocycles. The minimum absolute atomic E-state index is 0.175. The van der Waals surface area contributed by atoms with Crippen LogP contribution in [0.2, 0.25) is 0 Å². The minimum Gasteiger partial charge on any atom is -0.454 e. The van der Waals surface area contributed by atoms with E-state index in [9.17, 15) is 14.4 Å². The van der Waals surface area contributed by atoms with Crippen LogP contribution >= 0.6 is 15.9 Å². The number of carbonyl (C=O) groups excluding carboxylic acids is 3. The van der Waals surface area contributed by atoms with Gasteiger partial charge in [0.2, 0.25) is 0 Å². The molecule has 5 nitrogen and oxygen atoms in total. The normalized spacial score (nSPS) is 10.2. The Balaban J connectivity index is 1.69. The second kappa shape index (κ2) is 9.10. The summed E-state index contributed by atoms with van der Waals surface area (Å²) in [5, 5.41) is 2.71. The second-order valence-electron chi connectivity index (χ2n) is 5.87. The molecule has 3 aromatic rings. The van der Waals surface area contributed by atoms with Crippen molar-refractivity contribution in [3.05, 3.63) is 100 Å². The molecular weight excluding hydrogens is 422 g/mol. The molecule has 0 bridgehead atoms. The van der Waals surface area contributed by atoms with Crippen LogP contribution in [0.3, 0.4) is 0 Å². The molecule has 28 heavy (non-hydrogen) atoms. The summed E-state index contributed by atoms with van der Waals surface area (Å²) in [6.45, 7) is -0.377. The van der Waals surface area contributed by atoms with Gasteiger partial charge < -0.3 is 10.1 Å². The predicted octanol–water partition coefficient (Wildman–Crippen LogP) is 4.74. The average molecular weight is 438 g/mol. The number of ether oxygens (including phenoxy) is 1. The SMILES string of the molecule is O=C(COC(=O)c1ccccc1NC(=O)c1ccc(Br)cc1)c1ccccc1. The zero-order chi connectivity index (χ0) is 19.9. The first-order valence-electron chi connectivity index (χ1n) is 8.46. The smallest absolute Gasteiger partial charge is 0.340 e. The molecule has 0 aliphatic rings. The molecule has 140 valence electrons. The molecule has 1 N–H and O–H groups in total. The van der Waals surface area contributed by atoms with Crippen LogP contribution < -0.4 is 5.32 Å². The lowest BCUT2D eigenvalue weighted by atomic mass is 10.1. The average Bonchev–Trinajstić information content (AvgIpc) is 2.73. The fraction of sp³-hybridized carbons (Fsp3) is 0.0455. The van der Waals surface area contributed by atoms with Crippen LogP contribution in [0.1, 0.15) is 31.1 Å². The van der Waals surface area contributed by atoms with Crippen LogP contribution in [-0.2, 0) is 4.74 Å². The Morgan fingerprint density at radius 1 is 0.786 bits per heavy atom. The highest BCUT2D eigenvalue weighted by molar-refractivity contribution is 9.10. The third-order valence-corrected chi connectivity index (χ3v) is 4.46. The van der Waals surface area contributed by atoms with Crippen molar-refractivity contribution in [2.24, 2.45) is 0 Å². The molecule has 3 rings (SSSR count). The number of ketones is 1. The zero-order valence-corrected chi connectivity index (χ0v) is 16.3. The van der Waals surface area contributed by atoms with E-state index in [1.165, 1.54) is 6.07 Å². The number of benzene rings is 3. The van der Waals surface area contributed by atoms with Crippen molar-refractivity contribution in [2.75, 3.05) is 11.9 Å². The third-order valence-electron chi connectivity index (χ3n) is 3.93. The summed E-state index contributed by atoms with van der Waals surface area (Å²) in [5.41, 5.74) is 1.40. The van der Waals surface area contributed by atoms with E-state index in [0.717, 1.165) is 4.47 Å². The first kappa shape index (κ1) is 19.5. The predicted molar refractivity (Wildman–Crippen MR) is 110 cm³/mol. The maximum absolute atomic E-state index is 12.4. The van der Waals surface area contributed by atoms with Gasteiger partial charge in [0, 0.05) is 15.6 Å². The summed E-state index contributed by atoms with van der Waals surface area (Å²) >= 11 is 3.32. The van der Waals surface area contributed by atoms with Gasteiger partial charge in [-0.25, -0.2) is 4.79 Å². The number of esters is 1. The number of nitrogens with one attached hydrogen (secondary N) is 1. The zero-order valence-electron chi connectivity index (χ0n) is 14.7. The lowest BCUT2D eigenvalue weighted by molar-refractivity contribution is 0.0475. The number of halogens is 1. The first-order valence-corrected chi connectivity index (χ1v) is 9.25. The number of para-hydroxylation sites is 1. The maximum Gasteiger partial charge on any atom is 0.340 e. The lowest BCUT2D eigenvalue weighted by Crippen LogP contribution is -2.18. The van der Waals surface area contributed by atoms with Gasteiger partial charge in [-0.15, -0.1) is 0 Å². The molecule has 0 radical (unpaired) electrons. The number of hydrogen-bond acceptors (Lipinski definition) is 4. The highest BCUT2D eigenvalue weighted by Crippen LogP contribution is 2.18. The molecule has 0 atom stereocenters. The van der Waals surface area contributed by atoms with Crippen molar-refractivity contribution >= 4 is 39.3 Å². The molecule has 0 fully saturated rings. The summed E-state index contributed by atoms with van der Waals surface area (Å²) in [5.74, 6) is -1.34. The Kier molecular flexibility index (Phi) is 6.34. The number of hydrogen-bond donors (Lipinski definition) is 1. The van der Waals surface area contributed by atoms with Gasteiger partial charge in [0.05, 0.1) is 11.3 Å². The van der Waals surface area contributed by atoms with Crippen LogP contribution in [0.4, 0.5) is 5.69 Å². The molecule has 0 aliphatic carbocycles. The third kappa shape index (κ3) is 4.92. The summed E-state index contributed by atoms with van der Waals surface area (Å²) in [6, 6.07) is 21.9. The largest absolute Gasteiger partial charge is 0.454 e. The highest BCUT2D eigenvalue weighted by Gasteiger charge is 2.17. The first-order chi connectivity index (χ1) is 13.5. The van der Waals surface area contributed by atoms with Crippen LogP contribution in [0.5, 0.6) is 0 Å². The molecule has 0 saturated heterocycles. The molecular formula is C22H16BrNO4. The van der Waals surface area contributed by atoms with Gasteiger partial charge >= 0.3 is 5.97 Å². The molecule has 0 spiro atoms. The Bertz CT molecular complexity index is 1000. The number of amides is 1. The molecule has 1 amide bonds. The maximum atomic E-state index is 12.4. The Hall–Kier alpha value is -3.25. The highest BCUT2D eigenvalue weighted by atomic mass is 79.9. The standard InChI is InChI=1S/C22H16BrNO4/c23-17-12-10-16(11-13-17)21(26)24-19-9-5-4-8-18(19)22(27)28-14-20(25)15-6-2-1-3-7-15/h1-13H,14H2,(H,24,26). The van der Waals surface area contributed by atoms with Crippen molar-refractivity contribution in [2.45, 2.75) is 0 Å².